The summed E-state index contributed by atoms with van der Waals surface area (Å²) in [5, 5.41) is 6.21. The first-order chi connectivity index (χ1) is 9.68. The van der Waals surface area contributed by atoms with E-state index in [1.807, 2.05) is 32.0 Å². The highest BCUT2D eigenvalue weighted by Crippen LogP contribution is 1.97. The second-order valence-electron chi connectivity index (χ2n) is 5.10. The Bertz CT molecular complexity index is 366. The maximum atomic E-state index is 11.3. The van der Waals surface area contributed by atoms with E-state index in [4.69, 9.17) is 4.74 Å². The van der Waals surface area contributed by atoms with Gasteiger partial charge in [0.1, 0.15) is 0 Å². The second-order valence-corrected chi connectivity index (χ2v) is 5.10. The molecule has 0 heterocycles. The zero-order chi connectivity index (χ0) is 14.6. The van der Waals surface area contributed by atoms with E-state index in [1.54, 1.807) is 0 Å². The second kappa shape index (κ2) is 10.4. The van der Waals surface area contributed by atoms with Crippen molar-refractivity contribution in [1.29, 1.82) is 0 Å². The van der Waals surface area contributed by atoms with Crippen molar-refractivity contribution >= 4 is 5.91 Å². The lowest BCUT2D eigenvalue weighted by Gasteiger charge is -2.09. The van der Waals surface area contributed by atoms with Crippen LogP contribution < -0.4 is 10.6 Å². The van der Waals surface area contributed by atoms with E-state index < -0.39 is 0 Å². The van der Waals surface area contributed by atoms with Gasteiger partial charge in [-0.1, -0.05) is 30.3 Å². The molecule has 0 atom stereocenters. The molecule has 1 amide bonds. The van der Waals surface area contributed by atoms with Crippen LogP contribution in [0.15, 0.2) is 30.3 Å². The highest BCUT2D eigenvalue weighted by atomic mass is 16.5. The molecule has 0 aliphatic carbocycles. The van der Waals surface area contributed by atoms with Crippen molar-refractivity contribution in [2.24, 2.45) is 0 Å². The molecule has 0 saturated heterocycles. The number of carbonyl (C=O) groups excluding carboxylic acids is 1. The number of nitrogens with one attached hydrogen (secondary N) is 2. The minimum absolute atomic E-state index is 0.0576. The molecule has 1 aromatic carbocycles. The van der Waals surface area contributed by atoms with Crippen LogP contribution in [0, 0.1) is 0 Å². The van der Waals surface area contributed by atoms with Gasteiger partial charge in [-0.15, -0.1) is 0 Å². The van der Waals surface area contributed by atoms with Gasteiger partial charge < -0.3 is 15.4 Å². The predicted molar refractivity (Wildman–Crippen MR) is 81.5 cm³/mol. The third-order valence-corrected chi connectivity index (χ3v) is 2.74. The summed E-state index contributed by atoms with van der Waals surface area (Å²) in [6, 6.07) is 10.5. The maximum absolute atomic E-state index is 11.3. The molecule has 4 nitrogen and oxygen atoms in total. The molecule has 20 heavy (non-hydrogen) atoms. The van der Waals surface area contributed by atoms with Crippen LogP contribution in [0.4, 0.5) is 0 Å². The van der Waals surface area contributed by atoms with E-state index >= 15 is 0 Å². The van der Waals surface area contributed by atoms with Crippen LogP contribution in [-0.4, -0.2) is 31.7 Å². The van der Waals surface area contributed by atoms with Crippen molar-refractivity contribution in [2.45, 2.75) is 39.3 Å². The molecule has 1 aromatic rings. The van der Waals surface area contributed by atoms with Gasteiger partial charge in [0.05, 0.1) is 6.61 Å². The fourth-order valence-corrected chi connectivity index (χ4v) is 1.79. The van der Waals surface area contributed by atoms with Crippen LogP contribution >= 0.6 is 0 Å². The van der Waals surface area contributed by atoms with Crippen molar-refractivity contribution in [2.75, 3.05) is 19.8 Å². The summed E-state index contributed by atoms with van der Waals surface area (Å²) in [6.07, 6.45) is 1.40. The van der Waals surface area contributed by atoms with Crippen molar-refractivity contribution < 1.29 is 9.53 Å². The van der Waals surface area contributed by atoms with E-state index in [-0.39, 0.29) is 11.9 Å². The molecule has 1 rings (SSSR count). The summed E-state index contributed by atoms with van der Waals surface area (Å²) in [5.41, 5.74) is 1.29. The Kier molecular flexibility index (Phi) is 8.67. The number of hydrogen-bond donors (Lipinski definition) is 2. The summed E-state index contributed by atoms with van der Waals surface area (Å²) in [4.78, 5) is 11.3. The summed E-state index contributed by atoms with van der Waals surface area (Å²) >= 11 is 0. The van der Waals surface area contributed by atoms with Crippen molar-refractivity contribution in [1.82, 2.24) is 10.6 Å². The van der Waals surface area contributed by atoms with Crippen LogP contribution in [0.3, 0.4) is 0 Å². The molecule has 0 radical (unpaired) electrons. The smallest absolute Gasteiger partial charge is 0.222 e. The average Bonchev–Trinajstić information content (AvgIpc) is 2.42. The van der Waals surface area contributed by atoms with E-state index in [9.17, 15) is 4.79 Å². The van der Waals surface area contributed by atoms with E-state index in [2.05, 4.69) is 22.8 Å². The third-order valence-electron chi connectivity index (χ3n) is 2.74. The van der Waals surface area contributed by atoms with Gasteiger partial charge in [0.2, 0.25) is 5.91 Å². The molecule has 0 fully saturated rings. The van der Waals surface area contributed by atoms with Gasteiger partial charge in [-0.3, -0.25) is 4.79 Å². The zero-order valence-corrected chi connectivity index (χ0v) is 12.5. The Morgan fingerprint density at radius 3 is 2.65 bits per heavy atom. The van der Waals surface area contributed by atoms with Crippen LogP contribution in [0.5, 0.6) is 0 Å². The van der Waals surface area contributed by atoms with Gasteiger partial charge in [-0.05, 0) is 32.4 Å². The maximum Gasteiger partial charge on any atom is 0.222 e. The Morgan fingerprint density at radius 1 is 1.20 bits per heavy atom. The van der Waals surface area contributed by atoms with Crippen LogP contribution in [-0.2, 0) is 16.1 Å². The standard InChI is InChI=1S/C16H26N2O2/c1-14(2)18-16(19)9-12-20-11-6-10-17-13-15-7-4-3-5-8-15/h3-5,7-8,14,17H,6,9-13H2,1-2H3,(H,18,19). The SMILES string of the molecule is CC(C)NC(=O)CCOCCCNCc1ccccc1. The summed E-state index contributed by atoms with van der Waals surface area (Å²) in [6.45, 7) is 6.91. The average molecular weight is 278 g/mol. The summed E-state index contributed by atoms with van der Waals surface area (Å²) < 4.78 is 5.44. The summed E-state index contributed by atoms with van der Waals surface area (Å²) in [5.74, 6) is 0.0576. The van der Waals surface area contributed by atoms with Crippen LogP contribution in [0.2, 0.25) is 0 Å². The van der Waals surface area contributed by atoms with E-state index in [1.165, 1.54) is 5.56 Å². The number of ether oxygens (including phenoxy) is 1. The number of carbonyl (C=O) groups is 1. The van der Waals surface area contributed by atoms with E-state index in [0.717, 1.165) is 19.5 Å². The highest BCUT2D eigenvalue weighted by molar-refractivity contribution is 5.76. The Morgan fingerprint density at radius 2 is 1.95 bits per heavy atom. The van der Waals surface area contributed by atoms with Gasteiger partial charge in [0.15, 0.2) is 0 Å². The molecule has 0 aromatic heterocycles. The number of benzene rings is 1. The van der Waals surface area contributed by atoms with Crippen LogP contribution in [0.1, 0.15) is 32.3 Å². The molecule has 0 bridgehead atoms. The molecule has 2 N–H and O–H groups in total. The van der Waals surface area contributed by atoms with Gasteiger partial charge in [-0.2, -0.15) is 0 Å². The predicted octanol–water partition coefficient (Wildman–Crippen LogP) is 2.10. The zero-order valence-electron chi connectivity index (χ0n) is 12.5. The molecular formula is C16H26N2O2. The third kappa shape index (κ3) is 8.67. The first-order valence-corrected chi connectivity index (χ1v) is 7.30. The number of hydrogen-bond acceptors (Lipinski definition) is 3. The molecular weight excluding hydrogens is 252 g/mol. The Balaban J connectivity index is 1.89. The normalized spacial score (nSPS) is 10.8. The minimum atomic E-state index is 0.0576. The van der Waals surface area contributed by atoms with Crippen molar-refractivity contribution in [3.8, 4) is 0 Å². The summed E-state index contributed by atoms with van der Waals surface area (Å²) in [7, 11) is 0. The number of amides is 1. The first-order valence-electron chi connectivity index (χ1n) is 7.30. The van der Waals surface area contributed by atoms with Crippen molar-refractivity contribution in [3.05, 3.63) is 35.9 Å². The quantitative estimate of drug-likeness (QED) is 0.644. The molecule has 0 spiro atoms. The van der Waals surface area contributed by atoms with E-state index in [0.29, 0.717) is 19.6 Å². The molecule has 0 aliphatic heterocycles. The monoisotopic (exact) mass is 278 g/mol. The van der Waals surface area contributed by atoms with Crippen LogP contribution in [0.25, 0.3) is 0 Å². The lowest BCUT2D eigenvalue weighted by molar-refractivity contribution is -0.122. The van der Waals surface area contributed by atoms with Crippen molar-refractivity contribution in [3.63, 3.8) is 0 Å². The van der Waals surface area contributed by atoms with Gasteiger partial charge in [-0.25, -0.2) is 0 Å². The highest BCUT2D eigenvalue weighted by Gasteiger charge is 2.02. The molecule has 0 aliphatic rings. The molecule has 0 unspecified atom stereocenters. The molecule has 112 valence electrons. The van der Waals surface area contributed by atoms with Gasteiger partial charge in [0.25, 0.3) is 0 Å². The van der Waals surface area contributed by atoms with Gasteiger partial charge in [0, 0.05) is 25.6 Å². The Labute approximate surface area is 121 Å². The topological polar surface area (TPSA) is 50.4 Å². The largest absolute Gasteiger partial charge is 0.381 e. The Hall–Kier alpha value is -1.39. The first kappa shape index (κ1) is 16.7. The molecule has 4 heteroatoms. The lowest BCUT2D eigenvalue weighted by atomic mass is 10.2. The number of rotatable bonds is 10. The molecule has 0 saturated carbocycles. The minimum Gasteiger partial charge on any atom is -0.381 e. The fraction of sp³-hybridized carbons (Fsp3) is 0.562. The fourth-order valence-electron chi connectivity index (χ4n) is 1.79. The lowest BCUT2D eigenvalue weighted by Crippen LogP contribution is -2.30. The van der Waals surface area contributed by atoms with Gasteiger partial charge >= 0.3 is 0 Å².